The van der Waals surface area contributed by atoms with Crippen molar-refractivity contribution >= 4 is 5.91 Å². The van der Waals surface area contributed by atoms with Crippen LogP contribution < -0.4 is 5.56 Å². The number of amides is 1. The molecule has 0 bridgehead atoms. The van der Waals surface area contributed by atoms with Crippen molar-refractivity contribution in [2.75, 3.05) is 6.54 Å². The Balaban J connectivity index is 1.70. The summed E-state index contributed by atoms with van der Waals surface area (Å²) in [5, 5.41) is 0. The van der Waals surface area contributed by atoms with E-state index in [9.17, 15) is 9.59 Å². The predicted molar refractivity (Wildman–Crippen MR) is 86.9 cm³/mol. The molecule has 0 aromatic carbocycles. The van der Waals surface area contributed by atoms with E-state index in [0.717, 1.165) is 31.7 Å². The van der Waals surface area contributed by atoms with Gasteiger partial charge in [-0.1, -0.05) is 32.1 Å². The van der Waals surface area contributed by atoms with E-state index in [1.54, 1.807) is 19.3 Å². The minimum Gasteiger partial charge on any atom is -0.336 e. The minimum absolute atomic E-state index is 0.0725. The van der Waals surface area contributed by atoms with Crippen molar-refractivity contribution in [3.63, 3.8) is 0 Å². The molecule has 1 saturated heterocycles. The summed E-state index contributed by atoms with van der Waals surface area (Å²) in [5.74, 6) is 0.890. The molecule has 4 nitrogen and oxygen atoms in total. The van der Waals surface area contributed by atoms with E-state index in [-0.39, 0.29) is 11.5 Å². The number of rotatable bonds is 3. The quantitative estimate of drug-likeness (QED) is 0.861. The first-order chi connectivity index (χ1) is 10.6. The molecule has 2 fully saturated rings. The van der Waals surface area contributed by atoms with Crippen LogP contribution in [0.15, 0.2) is 23.1 Å². The number of hydrogen-bond donors (Lipinski definition) is 0. The van der Waals surface area contributed by atoms with Crippen molar-refractivity contribution < 1.29 is 4.79 Å². The van der Waals surface area contributed by atoms with Crippen LogP contribution >= 0.6 is 0 Å². The number of carbonyl (C=O) groups is 1. The maximum Gasteiger partial charge on any atom is 0.255 e. The lowest BCUT2D eigenvalue weighted by atomic mass is 9.84. The van der Waals surface area contributed by atoms with Crippen molar-refractivity contribution in [2.24, 2.45) is 13.0 Å². The molecule has 0 N–H and O–H groups in total. The van der Waals surface area contributed by atoms with Gasteiger partial charge in [-0.2, -0.15) is 0 Å². The van der Waals surface area contributed by atoms with E-state index >= 15 is 0 Å². The number of nitrogens with zero attached hydrogens (tertiary/aromatic N) is 2. The van der Waals surface area contributed by atoms with Crippen molar-refractivity contribution in [1.82, 2.24) is 9.47 Å². The lowest BCUT2D eigenvalue weighted by Crippen LogP contribution is -2.37. The number of carbonyl (C=O) groups excluding carboxylic acids is 1. The summed E-state index contributed by atoms with van der Waals surface area (Å²) in [5.41, 5.74) is 0.564. The fourth-order valence-electron chi connectivity index (χ4n) is 4.04. The van der Waals surface area contributed by atoms with Gasteiger partial charge in [0, 0.05) is 31.9 Å². The molecule has 3 rings (SSSR count). The minimum atomic E-state index is -0.0725. The standard InChI is InChI=1S/C18H26N2O2/c1-19-13-15(9-10-17(19)21)18(22)20-11-5-8-16(20)12-14-6-3-2-4-7-14/h9-10,13-14,16H,2-8,11-12H2,1H3. The van der Waals surface area contributed by atoms with Crippen LogP contribution in [0.2, 0.25) is 0 Å². The van der Waals surface area contributed by atoms with Crippen LogP contribution in [0.5, 0.6) is 0 Å². The number of hydrogen-bond acceptors (Lipinski definition) is 2. The molecule has 1 aliphatic carbocycles. The Morgan fingerprint density at radius 1 is 1.14 bits per heavy atom. The lowest BCUT2D eigenvalue weighted by molar-refractivity contribution is 0.0710. The number of aryl methyl sites for hydroxylation is 1. The average Bonchev–Trinajstić information content (AvgIpc) is 2.98. The van der Waals surface area contributed by atoms with Crippen molar-refractivity contribution in [2.45, 2.75) is 57.4 Å². The van der Waals surface area contributed by atoms with E-state index in [0.29, 0.717) is 11.6 Å². The largest absolute Gasteiger partial charge is 0.336 e. The summed E-state index contributed by atoms with van der Waals surface area (Å²) in [6, 6.07) is 3.55. The van der Waals surface area contributed by atoms with E-state index in [1.165, 1.54) is 42.7 Å². The molecule has 1 atom stereocenters. The molecule has 1 aromatic heterocycles. The smallest absolute Gasteiger partial charge is 0.255 e. The Morgan fingerprint density at radius 3 is 2.64 bits per heavy atom. The average molecular weight is 302 g/mol. The highest BCUT2D eigenvalue weighted by molar-refractivity contribution is 5.94. The molecule has 1 aromatic rings. The van der Waals surface area contributed by atoms with Crippen LogP contribution in [0, 0.1) is 5.92 Å². The van der Waals surface area contributed by atoms with Crippen molar-refractivity contribution in [3.8, 4) is 0 Å². The predicted octanol–water partition coefficient (Wildman–Crippen LogP) is 2.96. The molecule has 2 aliphatic rings. The molecule has 2 heterocycles. The summed E-state index contributed by atoms with van der Waals surface area (Å²) in [7, 11) is 1.70. The summed E-state index contributed by atoms with van der Waals surface area (Å²) >= 11 is 0. The van der Waals surface area contributed by atoms with Crippen LogP contribution in [-0.2, 0) is 7.05 Å². The molecule has 120 valence electrons. The molecule has 1 aliphatic heterocycles. The van der Waals surface area contributed by atoms with Crippen LogP contribution in [-0.4, -0.2) is 28.0 Å². The summed E-state index contributed by atoms with van der Waals surface area (Å²) < 4.78 is 1.49. The SMILES string of the molecule is Cn1cc(C(=O)N2CCCC2CC2CCCCC2)ccc1=O. The molecular formula is C18H26N2O2. The number of likely N-dealkylation sites (tertiary alicyclic amines) is 1. The van der Waals surface area contributed by atoms with Gasteiger partial charge in [-0.25, -0.2) is 0 Å². The summed E-state index contributed by atoms with van der Waals surface area (Å²) in [6.07, 6.45) is 11.8. The zero-order valence-electron chi connectivity index (χ0n) is 13.5. The van der Waals surface area contributed by atoms with E-state index in [4.69, 9.17) is 0 Å². The first-order valence-corrected chi connectivity index (χ1v) is 8.63. The normalized spacial score (nSPS) is 23.0. The first-order valence-electron chi connectivity index (χ1n) is 8.63. The summed E-state index contributed by atoms with van der Waals surface area (Å²) in [4.78, 5) is 26.3. The fraction of sp³-hybridized carbons (Fsp3) is 0.667. The monoisotopic (exact) mass is 302 g/mol. The third-order valence-corrected chi connectivity index (χ3v) is 5.30. The van der Waals surface area contributed by atoms with Gasteiger partial charge < -0.3 is 9.47 Å². The maximum atomic E-state index is 12.8. The van der Waals surface area contributed by atoms with E-state index in [1.807, 2.05) is 0 Å². The number of aromatic nitrogens is 1. The van der Waals surface area contributed by atoms with Gasteiger partial charge in [0.25, 0.3) is 5.91 Å². The van der Waals surface area contributed by atoms with Crippen LogP contribution in [0.4, 0.5) is 0 Å². The van der Waals surface area contributed by atoms with Crippen LogP contribution in [0.3, 0.4) is 0 Å². The molecule has 0 spiro atoms. The molecule has 1 unspecified atom stereocenters. The highest BCUT2D eigenvalue weighted by atomic mass is 16.2. The Kier molecular flexibility index (Phi) is 4.65. The second kappa shape index (κ2) is 6.67. The zero-order chi connectivity index (χ0) is 15.5. The molecular weight excluding hydrogens is 276 g/mol. The van der Waals surface area contributed by atoms with Crippen LogP contribution in [0.25, 0.3) is 0 Å². The van der Waals surface area contributed by atoms with Gasteiger partial charge in [0.15, 0.2) is 0 Å². The second-order valence-corrected chi connectivity index (χ2v) is 6.90. The maximum absolute atomic E-state index is 12.8. The Hall–Kier alpha value is -1.58. The van der Waals surface area contributed by atoms with Gasteiger partial charge in [-0.05, 0) is 31.2 Å². The Bertz CT molecular complexity index is 587. The topological polar surface area (TPSA) is 42.3 Å². The number of pyridine rings is 1. The van der Waals surface area contributed by atoms with Crippen LogP contribution in [0.1, 0.15) is 61.7 Å². The Morgan fingerprint density at radius 2 is 1.91 bits per heavy atom. The third-order valence-electron chi connectivity index (χ3n) is 5.30. The zero-order valence-corrected chi connectivity index (χ0v) is 13.5. The van der Waals surface area contributed by atoms with Gasteiger partial charge in [-0.3, -0.25) is 9.59 Å². The van der Waals surface area contributed by atoms with E-state index in [2.05, 4.69) is 4.90 Å². The van der Waals surface area contributed by atoms with Gasteiger partial charge in [0.1, 0.15) is 0 Å². The third kappa shape index (κ3) is 3.26. The van der Waals surface area contributed by atoms with Gasteiger partial charge >= 0.3 is 0 Å². The van der Waals surface area contributed by atoms with Crippen molar-refractivity contribution in [1.29, 1.82) is 0 Å². The first kappa shape index (κ1) is 15.3. The second-order valence-electron chi connectivity index (χ2n) is 6.90. The highest BCUT2D eigenvalue weighted by Gasteiger charge is 2.31. The van der Waals surface area contributed by atoms with Gasteiger partial charge in [0.2, 0.25) is 5.56 Å². The van der Waals surface area contributed by atoms with Crippen molar-refractivity contribution in [3.05, 3.63) is 34.2 Å². The van der Waals surface area contributed by atoms with E-state index < -0.39 is 0 Å². The molecule has 1 saturated carbocycles. The van der Waals surface area contributed by atoms with Gasteiger partial charge in [0.05, 0.1) is 5.56 Å². The fourth-order valence-corrected chi connectivity index (χ4v) is 4.04. The highest BCUT2D eigenvalue weighted by Crippen LogP contribution is 2.32. The lowest BCUT2D eigenvalue weighted by Gasteiger charge is -2.30. The molecule has 22 heavy (non-hydrogen) atoms. The van der Waals surface area contributed by atoms with Gasteiger partial charge in [-0.15, -0.1) is 0 Å². The Labute approximate surface area is 132 Å². The molecule has 0 radical (unpaired) electrons. The molecule has 1 amide bonds. The summed E-state index contributed by atoms with van der Waals surface area (Å²) in [6.45, 7) is 0.860. The molecule has 4 heteroatoms.